The minimum Gasteiger partial charge on any atom is -0.408 e. The second kappa shape index (κ2) is 7.59. The quantitative estimate of drug-likeness (QED) is 0.732. The van der Waals surface area contributed by atoms with Gasteiger partial charge in [0.1, 0.15) is 11.9 Å². The van der Waals surface area contributed by atoms with E-state index in [4.69, 9.17) is 9.15 Å². The van der Waals surface area contributed by atoms with Crippen molar-refractivity contribution >= 4 is 17.0 Å². The number of halogens is 1. The second-order valence-electron chi connectivity index (χ2n) is 6.97. The van der Waals surface area contributed by atoms with Crippen LogP contribution >= 0.6 is 0 Å². The zero-order valence-electron chi connectivity index (χ0n) is 15.4. The van der Waals surface area contributed by atoms with Crippen LogP contribution in [0.15, 0.2) is 57.7 Å². The monoisotopic (exact) mass is 384 g/mol. The molecule has 1 N–H and O–H groups in total. The van der Waals surface area contributed by atoms with Crippen LogP contribution in [-0.2, 0) is 9.53 Å². The highest BCUT2D eigenvalue weighted by molar-refractivity contribution is 5.83. The van der Waals surface area contributed by atoms with Crippen LogP contribution in [0, 0.1) is 5.82 Å². The summed E-state index contributed by atoms with van der Waals surface area (Å²) in [4.78, 5) is 25.3. The van der Waals surface area contributed by atoms with E-state index in [0.29, 0.717) is 17.7 Å². The van der Waals surface area contributed by atoms with Crippen LogP contribution < -0.4 is 11.1 Å². The zero-order valence-corrected chi connectivity index (χ0v) is 15.4. The van der Waals surface area contributed by atoms with Crippen molar-refractivity contribution < 1.29 is 18.3 Å². The minimum absolute atomic E-state index is 0.195. The number of aromatic nitrogens is 1. The summed E-state index contributed by atoms with van der Waals surface area (Å²) in [6, 6.07) is 11.8. The lowest BCUT2D eigenvalue weighted by molar-refractivity contribution is -0.125. The number of nitrogens with one attached hydrogen (secondary N) is 1. The topological polar surface area (TPSA) is 73.5 Å². The third-order valence-electron chi connectivity index (χ3n) is 5.15. The van der Waals surface area contributed by atoms with E-state index >= 15 is 0 Å². The molecule has 0 unspecified atom stereocenters. The Kier molecular flexibility index (Phi) is 5.00. The molecule has 0 radical (unpaired) electrons. The lowest BCUT2D eigenvalue weighted by Crippen LogP contribution is -2.40. The smallest absolute Gasteiger partial charge is 0.408 e. The average molecular weight is 384 g/mol. The molecular formula is C21H21FN2O4. The van der Waals surface area contributed by atoms with Gasteiger partial charge in [0, 0.05) is 6.61 Å². The Labute approximate surface area is 160 Å². The third-order valence-corrected chi connectivity index (χ3v) is 5.15. The molecular weight excluding hydrogens is 363 g/mol. The van der Waals surface area contributed by atoms with Gasteiger partial charge in [-0.3, -0.25) is 9.36 Å². The molecule has 2 heterocycles. The Bertz CT molecular complexity index is 1030. The molecule has 0 saturated carbocycles. The summed E-state index contributed by atoms with van der Waals surface area (Å²) in [5, 5.41) is 2.99. The van der Waals surface area contributed by atoms with Crippen LogP contribution in [0.4, 0.5) is 4.39 Å². The van der Waals surface area contributed by atoms with E-state index < -0.39 is 17.8 Å². The maximum absolute atomic E-state index is 13.3. The number of benzene rings is 2. The van der Waals surface area contributed by atoms with E-state index in [0.717, 1.165) is 18.4 Å². The predicted molar refractivity (Wildman–Crippen MR) is 101 cm³/mol. The molecule has 0 aliphatic carbocycles. The fraction of sp³-hybridized carbons (Fsp3) is 0.333. The Morgan fingerprint density at radius 2 is 1.96 bits per heavy atom. The number of carbonyl (C=O) groups excluding carboxylic acids is 1. The number of para-hydroxylation sites is 2. The fourth-order valence-electron chi connectivity index (χ4n) is 3.67. The number of oxazole rings is 1. The van der Waals surface area contributed by atoms with Crippen LogP contribution in [0.3, 0.4) is 0 Å². The summed E-state index contributed by atoms with van der Waals surface area (Å²) >= 11 is 0. The molecule has 1 aliphatic heterocycles. The molecule has 3 atom stereocenters. The number of fused-ring (bicyclic) bond motifs is 1. The van der Waals surface area contributed by atoms with Gasteiger partial charge in [-0.2, -0.15) is 0 Å². The van der Waals surface area contributed by atoms with Crippen LogP contribution in [0.1, 0.15) is 37.4 Å². The lowest BCUT2D eigenvalue weighted by Gasteiger charge is -2.26. The summed E-state index contributed by atoms with van der Waals surface area (Å²) < 4.78 is 25.7. The van der Waals surface area contributed by atoms with Crippen LogP contribution in [0.5, 0.6) is 0 Å². The first kappa shape index (κ1) is 18.4. The number of rotatable bonds is 5. The van der Waals surface area contributed by atoms with E-state index in [2.05, 4.69) is 5.32 Å². The third kappa shape index (κ3) is 3.45. The highest BCUT2D eigenvalue weighted by Gasteiger charge is 2.31. The van der Waals surface area contributed by atoms with E-state index in [-0.39, 0.29) is 17.8 Å². The minimum atomic E-state index is -0.777. The van der Waals surface area contributed by atoms with Crippen molar-refractivity contribution in [3.8, 4) is 0 Å². The van der Waals surface area contributed by atoms with Gasteiger partial charge in [0.25, 0.3) is 0 Å². The first-order valence-electron chi connectivity index (χ1n) is 9.32. The summed E-state index contributed by atoms with van der Waals surface area (Å²) in [6.07, 6.45) is 1.50. The number of hydrogen-bond donors (Lipinski definition) is 1. The fourth-order valence-corrected chi connectivity index (χ4v) is 3.67. The van der Waals surface area contributed by atoms with Crippen LogP contribution in [0.2, 0.25) is 0 Å². The summed E-state index contributed by atoms with van der Waals surface area (Å²) in [5.41, 5.74) is 1.75. The largest absolute Gasteiger partial charge is 0.420 e. The van der Waals surface area contributed by atoms with Gasteiger partial charge >= 0.3 is 5.76 Å². The molecule has 1 aromatic heterocycles. The molecule has 0 bridgehead atoms. The van der Waals surface area contributed by atoms with Gasteiger partial charge in [0.15, 0.2) is 5.58 Å². The van der Waals surface area contributed by atoms with Gasteiger partial charge < -0.3 is 14.5 Å². The maximum atomic E-state index is 13.3. The molecule has 1 amide bonds. The Morgan fingerprint density at radius 3 is 2.68 bits per heavy atom. The van der Waals surface area contributed by atoms with Crippen molar-refractivity contribution in [3.63, 3.8) is 0 Å². The number of hydrogen-bond acceptors (Lipinski definition) is 4. The molecule has 28 heavy (non-hydrogen) atoms. The zero-order chi connectivity index (χ0) is 19.7. The van der Waals surface area contributed by atoms with Crippen LogP contribution in [-0.4, -0.2) is 23.2 Å². The van der Waals surface area contributed by atoms with Gasteiger partial charge in [0.05, 0.1) is 17.7 Å². The van der Waals surface area contributed by atoms with Crippen LogP contribution in [0.25, 0.3) is 11.1 Å². The standard InChI is InChI=1S/C21H21FN2O4/c1-13(24-16-5-2-3-6-17(16)28-21(24)26)20(25)23-19(18-7-4-12-27-18)14-8-10-15(22)11-9-14/h2-3,5-6,8-11,13,18-19H,4,7,12H2,1H3,(H,23,25)/t13-,18-,19-/m1/s1. The van der Waals surface area contributed by atoms with Crippen molar-refractivity contribution in [2.75, 3.05) is 6.61 Å². The van der Waals surface area contributed by atoms with E-state index in [1.54, 1.807) is 43.3 Å². The Hall–Kier alpha value is -2.93. The molecule has 3 aromatic rings. The predicted octanol–water partition coefficient (Wildman–Crippen LogP) is 3.33. The van der Waals surface area contributed by atoms with Gasteiger partial charge in [-0.05, 0) is 49.6 Å². The summed E-state index contributed by atoms with van der Waals surface area (Å²) in [5.74, 6) is -1.26. The van der Waals surface area contributed by atoms with Crippen molar-refractivity contribution in [2.24, 2.45) is 0 Å². The SMILES string of the molecule is C[C@H](C(=O)N[C@H](c1ccc(F)cc1)[C@H]1CCCO1)n1c(=O)oc2ccccc21. The highest BCUT2D eigenvalue weighted by atomic mass is 19.1. The first-order chi connectivity index (χ1) is 13.5. The molecule has 7 heteroatoms. The molecule has 4 rings (SSSR count). The normalized spacial score (nSPS) is 18.9. The lowest BCUT2D eigenvalue weighted by atomic mass is 9.99. The summed E-state index contributed by atoms with van der Waals surface area (Å²) in [6.45, 7) is 2.27. The number of nitrogens with zero attached hydrogens (tertiary/aromatic N) is 1. The van der Waals surface area contributed by atoms with Crippen molar-refractivity contribution in [1.82, 2.24) is 9.88 Å². The second-order valence-corrected chi connectivity index (χ2v) is 6.97. The molecule has 1 fully saturated rings. The molecule has 6 nitrogen and oxygen atoms in total. The molecule has 2 aromatic carbocycles. The van der Waals surface area contributed by atoms with Crippen molar-refractivity contribution in [1.29, 1.82) is 0 Å². The van der Waals surface area contributed by atoms with E-state index in [1.165, 1.54) is 16.7 Å². The number of carbonyl (C=O) groups is 1. The van der Waals surface area contributed by atoms with E-state index in [1.807, 2.05) is 0 Å². The van der Waals surface area contributed by atoms with Gasteiger partial charge in [-0.1, -0.05) is 24.3 Å². The highest BCUT2D eigenvalue weighted by Crippen LogP contribution is 2.28. The van der Waals surface area contributed by atoms with Crippen molar-refractivity contribution in [3.05, 3.63) is 70.5 Å². The summed E-state index contributed by atoms with van der Waals surface area (Å²) in [7, 11) is 0. The first-order valence-corrected chi connectivity index (χ1v) is 9.32. The van der Waals surface area contributed by atoms with Crippen molar-refractivity contribution in [2.45, 2.75) is 38.0 Å². The molecule has 146 valence electrons. The molecule has 0 spiro atoms. The number of ether oxygens (including phenoxy) is 1. The van der Waals surface area contributed by atoms with Gasteiger partial charge in [-0.25, -0.2) is 9.18 Å². The molecule has 1 aliphatic rings. The maximum Gasteiger partial charge on any atom is 0.420 e. The van der Waals surface area contributed by atoms with E-state index in [9.17, 15) is 14.0 Å². The van der Waals surface area contributed by atoms with Gasteiger partial charge in [-0.15, -0.1) is 0 Å². The molecule has 1 saturated heterocycles. The Balaban J connectivity index is 1.62. The Morgan fingerprint density at radius 1 is 1.21 bits per heavy atom. The van der Waals surface area contributed by atoms with Gasteiger partial charge in [0.2, 0.25) is 5.91 Å². The average Bonchev–Trinajstić information content (AvgIpc) is 3.33. The number of amides is 1.